The van der Waals surface area contributed by atoms with E-state index in [2.05, 4.69) is 5.32 Å². The first-order valence-corrected chi connectivity index (χ1v) is 9.02. The molecule has 1 unspecified atom stereocenters. The number of amides is 3. The summed E-state index contributed by atoms with van der Waals surface area (Å²) >= 11 is 0. The van der Waals surface area contributed by atoms with E-state index in [1.807, 2.05) is 12.1 Å². The molecule has 0 aromatic heterocycles. The Morgan fingerprint density at radius 3 is 2.59 bits per heavy atom. The van der Waals surface area contributed by atoms with Crippen LogP contribution in [0.5, 0.6) is 11.5 Å². The Balaban J connectivity index is 1.73. The molecule has 148 valence electrons. The second-order valence-corrected chi connectivity index (χ2v) is 6.44. The minimum atomic E-state index is -0.516. The number of hydrogen-bond acceptors (Lipinski definition) is 5. The molecule has 0 radical (unpaired) electrons. The van der Waals surface area contributed by atoms with E-state index in [1.165, 1.54) is 4.90 Å². The van der Waals surface area contributed by atoms with E-state index in [0.29, 0.717) is 37.3 Å². The zero-order valence-corrected chi connectivity index (χ0v) is 15.8. The molecule has 3 N–H and O–H groups in total. The van der Waals surface area contributed by atoms with Crippen molar-refractivity contribution in [1.82, 2.24) is 10.2 Å². The Hall–Kier alpha value is -2.77. The highest BCUT2D eigenvalue weighted by atomic mass is 16.5. The van der Waals surface area contributed by atoms with E-state index < -0.39 is 11.9 Å². The fourth-order valence-electron chi connectivity index (χ4n) is 3.20. The molecule has 1 aromatic carbocycles. The number of aryl methyl sites for hydroxylation is 1. The molecule has 3 amide bonds. The lowest BCUT2D eigenvalue weighted by atomic mass is 10.1. The average molecular weight is 377 g/mol. The van der Waals surface area contributed by atoms with Gasteiger partial charge in [0.25, 0.3) is 0 Å². The van der Waals surface area contributed by atoms with E-state index in [1.54, 1.807) is 20.3 Å². The summed E-state index contributed by atoms with van der Waals surface area (Å²) in [6.45, 7) is 0.783. The Kier molecular flexibility index (Phi) is 7.45. The van der Waals surface area contributed by atoms with Crippen LogP contribution in [-0.4, -0.2) is 56.0 Å². The normalized spacial score (nSPS) is 16.1. The monoisotopic (exact) mass is 377 g/mol. The molecule has 1 aliphatic rings. The summed E-state index contributed by atoms with van der Waals surface area (Å²) in [5.41, 5.74) is 6.28. The van der Waals surface area contributed by atoms with Crippen LogP contribution >= 0.6 is 0 Å². The second-order valence-electron chi connectivity index (χ2n) is 6.44. The molecule has 1 aromatic rings. The van der Waals surface area contributed by atoms with Crippen molar-refractivity contribution in [2.45, 2.75) is 38.1 Å². The predicted molar refractivity (Wildman–Crippen MR) is 99.4 cm³/mol. The molecule has 1 aliphatic heterocycles. The van der Waals surface area contributed by atoms with Gasteiger partial charge in [0, 0.05) is 25.9 Å². The van der Waals surface area contributed by atoms with Crippen LogP contribution < -0.4 is 20.5 Å². The number of hydrogen-bond donors (Lipinski definition) is 2. The highest BCUT2D eigenvalue weighted by Gasteiger charge is 2.32. The topological polar surface area (TPSA) is 111 Å². The summed E-state index contributed by atoms with van der Waals surface area (Å²) in [6, 6.07) is 5.01. The zero-order valence-electron chi connectivity index (χ0n) is 15.8. The molecule has 0 bridgehead atoms. The number of nitrogens with one attached hydrogen (secondary N) is 1. The summed E-state index contributed by atoms with van der Waals surface area (Å²) in [5.74, 6) is 0.498. The average Bonchev–Trinajstić information content (AvgIpc) is 3.16. The van der Waals surface area contributed by atoms with E-state index >= 15 is 0 Å². The van der Waals surface area contributed by atoms with E-state index in [4.69, 9.17) is 15.2 Å². The molecule has 1 fully saturated rings. The van der Waals surface area contributed by atoms with Crippen molar-refractivity contribution in [3.8, 4) is 11.5 Å². The number of likely N-dealkylation sites (tertiary alicyclic amines) is 1. The van der Waals surface area contributed by atoms with Gasteiger partial charge in [-0.2, -0.15) is 0 Å². The van der Waals surface area contributed by atoms with E-state index in [-0.39, 0.29) is 24.8 Å². The summed E-state index contributed by atoms with van der Waals surface area (Å²) in [6.07, 6.45) is 2.40. The molecule has 1 saturated heterocycles. The van der Waals surface area contributed by atoms with Gasteiger partial charge in [-0.3, -0.25) is 14.4 Å². The largest absolute Gasteiger partial charge is 0.493 e. The Bertz CT molecular complexity index is 692. The maximum absolute atomic E-state index is 12.2. The lowest BCUT2D eigenvalue weighted by molar-refractivity contribution is -0.137. The molecule has 0 spiro atoms. The summed E-state index contributed by atoms with van der Waals surface area (Å²) in [7, 11) is 3.13. The van der Waals surface area contributed by atoms with Gasteiger partial charge in [0.2, 0.25) is 17.7 Å². The molecule has 8 nitrogen and oxygen atoms in total. The Labute approximate surface area is 159 Å². The number of primary amides is 1. The van der Waals surface area contributed by atoms with E-state index in [9.17, 15) is 14.4 Å². The maximum atomic E-state index is 12.2. The number of rotatable bonds is 9. The van der Waals surface area contributed by atoms with Crippen molar-refractivity contribution in [1.29, 1.82) is 0 Å². The minimum absolute atomic E-state index is 0.134. The first kappa shape index (κ1) is 20.5. The Morgan fingerprint density at radius 2 is 1.93 bits per heavy atom. The van der Waals surface area contributed by atoms with Gasteiger partial charge in [0.05, 0.1) is 14.2 Å². The smallest absolute Gasteiger partial charge is 0.240 e. The van der Waals surface area contributed by atoms with Crippen LogP contribution in [0.25, 0.3) is 0 Å². The predicted octanol–water partition coefficient (Wildman–Crippen LogP) is 0.619. The molecule has 2 rings (SSSR count). The number of nitrogens with zero attached hydrogens (tertiary/aromatic N) is 1. The van der Waals surface area contributed by atoms with Crippen LogP contribution in [0.3, 0.4) is 0 Å². The maximum Gasteiger partial charge on any atom is 0.240 e. The lowest BCUT2D eigenvalue weighted by Gasteiger charge is -2.22. The summed E-state index contributed by atoms with van der Waals surface area (Å²) in [4.78, 5) is 37.1. The van der Waals surface area contributed by atoms with Crippen molar-refractivity contribution < 1.29 is 23.9 Å². The standard InChI is InChI=1S/C19H27N3O5/c1-26-15-7-5-13(12-16(15)27-2)6-8-17(23)21-10-9-18(24)22-11-3-4-14(22)19(20)25/h5,7,12,14H,3-4,6,8-11H2,1-2H3,(H2,20,25)(H,21,23). The summed E-state index contributed by atoms with van der Waals surface area (Å²) in [5, 5.41) is 2.74. The highest BCUT2D eigenvalue weighted by molar-refractivity contribution is 5.87. The van der Waals surface area contributed by atoms with E-state index in [0.717, 1.165) is 12.0 Å². The highest BCUT2D eigenvalue weighted by Crippen LogP contribution is 2.27. The molecule has 1 atom stereocenters. The van der Waals surface area contributed by atoms with Crippen molar-refractivity contribution in [3.05, 3.63) is 23.8 Å². The fourth-order valence-corrected chi connectivity index (χ4v) is 3.20. The lowest BCUT2D eigenvalue weighted by Crippen LogP contribution is -2.44. The molecular formula is C19H27N3O5. The number of nitrogens with two attached hydrogens (primary N) is 1. The minimum Gasteiger partial charge on any atom is -0.493 e. The zero-order chi connectivity index (χ0) is 19.8. The molecular weight excluding hydrogens is 350 g/mol. The SMILES string of the molecule is COc1ccc(CCC(=O)NCCC(=O)N2CCCC2C(N)=O)cc1OC. The van der Waals surface area contributed by atoms with Gasteiger partial charge < -0.3 is 25.4 Å². The van der Waals surface area contributed by atoms with Gasteiger partial charge >= 0.3 is 0 Å². The summed E-state index contributed by atoms with van der Waals surface area (Å²) < 4.78 is 10.4. The number of carbonyl (C=O) groups excluding carboxylic acids is 3. The van der Waals surface area contributed by atoms with Gasteiger partial charge in [-0.1, -0.05) is 6.07 Å². The van der Waals surface area contributed by atoms with Crippen molar-refractivity contribution >= 4 is 17.7 Å². The number of carbonyl (C=O) groups is 3. The van der Waals surface area contributed by atoms with Crippen LogP contribution in [-0.2, 0) is 20.8 Å². The second kappa shape index (κ2) is 9.80. The fraction of sp³-hybridized carbons (Fsp3) is 0.526. The number of benzene rings is 1. The first-order valence-electron chi connectivity index (χ1n) is 9.02. The van der Waals surface area contributed by atoms with Gasteiger partial charge in [0.15, 0.2) is 11.5 Å². The third-order valence-electron chi connectivity index (χ3n) is 4.65. The van der Waals surface area contributed by atoms with Gasteiger partial charge in [-0.25, -0.2) is 0 Å². The van der Waals surface area contributed by atoms with Crippen LogP contribution in [0.1, 0.15) is 31.2 Å². The van der Waals surface area contributed by atoms with Crippen LogP contribution in [0.2, 0.25) is 0 Å². The van der Waals surface area contributed by atoms with Crippen molar-refractivity contribution in [2.75, 3.05) is 27.3 Å². The van der Waals surface area contributed by atoms with Gasteiger partial charge in [-0.05, 0) is 37.0 Å². The first-order chi connectivity index (χ1) is 13.0. The number of methoxy groups -OCH3 is 2. The molecule has 0 aliphatic carbocycles. The molecule has 27 heavy (non-hydrogen) atoms. The van der Waals surface area contributed by atoms with Gasteiger partial charge in [-0.15, -0.1) is 0 Å². The van der Waals surface area contributed by atoms with Crippen LogP contribution in [0, 0.1) is 0 Å². The van der Waals surface area contributed by atoms with Crippen molar-refractivity contribution in [3.63, 3.8) is 0 Å². The van der Waals surface area contributed by atoms with Crippen LogP contribution in [0.15, 0.2) is 18.2 Å². The molecule has 8 heteroatoms. The quantitative estimate of drug-likeness (QED) is 0.655. The number of ether oxygens (including phenoxy) is 2. The third-order valence-corrected chi connectivity index (χ3v) is 4.65. The third kappa shape index (κ3) is 5.60. The van der Waals surface area contributed by atoms with Crippen LogP contribution in [0.4, 0.5) is 0 Å². The molecule has 0 saturated carbocycles. The molecule has 1 heterocycles. The van der Waals surface area contributed by atoms with Gasteiger partial charge in [0.1, 0.15) is 6.04 Å². The Morgan fingerprint density at radius 1 is 1.19 bits per heavy atom. The van der Waals surface area contributed by atoms with Crippen molar-refractivity contribution in [2.24, 2.45) is 5.73 Å².